The second-order valence-corrected chi connectivity index (χ2v) is 4.73. The molecule has 4 heteroatoms. The molecule has 0 aromatic carbocycles. The molecule has 0 saturated heterocycles. The van der Waals surface area contributed by atoms with Gasteiger partial charge in [0.15, 0.2) is 0 Å². The number of nitrogens with one attached hydrogen (secondary N) is 1. The molecule has 3 N–H and O–H groups in total. The second kappa shape index (κ2) is 5.02. The molecule has 0 aliphatic heterocycles. The molecule has 17 heavy (non-hydrogen) atoms. The number of aryl methyl sites for hydroxylation is 1. The van der Waals surface area contributed by atoms with Crippen molar-refractivity contribution in [1.29, 1.82) is 0 Å². The maximum absolute atomic E-state index is 6.00. The molecule has 0 amide bonds. The molecule has 4 nitrogen and oxygen atoms in total. The van der Waals surface area contributed by atoms with E-state index in [2.05, 4.69) is 17.2 Å². The first-order valence-electron chi connectivity index (χ1n) is 6.10. The van der Waals surface area contributed by atoms with Crippen molar-refractivity contribution in [3.8, 4) is 0 Å². The van der Waals surface area contributed by atoms with Crippen LogP contribution in [0.15, 0.2) is 12.3 Å². The third-order valence-corrected chi connectivity index (χ3v) is 3.55. The van der Waals surface area contributed by atoms with Crippen LogP contribution in [-0.4, -0.2) is 25.2 Å². The number of nitrogen functional groups attached to an aromatic ring is 1. The van der Waals surface area contributed by atoms with Crippen LogP contribution in [0.2, 0.25) is 0 Å². The average molecular weight is 235 g/mol. The number of anilines is 1. The van der Waals surface area contributed by atoms with Crippen molar-refractivity contribution < 1.29 is 4.74 Å². The summed E-state index contributed by atoms with van der Waals surface area (Å²) in [4.78, 5) is 4.19. The number of nitrogens with two attached hydrogens (primary N) is 1. The molecule has 1 aliphatic rings. The van der Waals surface area contributed by atoms with E-state index >= 15 is 0 Å². The third-order valence-electron chi connectivity index (χ3n) is 3.55. The van der Waals surface area contributed by atoms with Crippen LogP contribution < -0.4 is 11.1 Å². The highest BCUT2D eigenvalue weighted by atomic mass is 16.5. The smallest absolute Gasteiger partial charge is 0.128 e. The molecule has 2 atom stereocenters. The van der Waals surface area contributed by atoms with E-state index in [-0.39, 0.29) is 12.1 Å². The molecule has 1 aromatic heterocycles. The van der Waals surface area contributed by atoms with Gasteiger partial charge in [-0.05, 0) is 44.4 Å². The van der Waals surface area contributed by atoms with Crippen molar-refractivity contribution in [2.75, 3.05) is 19.9 Å². The van der Waals surface area contributed by atoms with Gasteiger partial charge in [0.25, 0.3) is 0 Å². The number of ether oxygens (including phenoxy) is 1. The molecule has 0 radical (unpaired) electrons. The first-order valence-corrected chi connectivity index (χ1v) is 6.10. The van der Waals surface area contributed by atoms with Crippen molar-refractivity contribution in [3.63, 3.8) is 0 Å². The summed E-state index contributed by atoms with van der Waals surface area (Å²) >= 11 is 0. The van der Waals surface area contributed by atoms with E-state index in [1.54, 1.807) is 13.3 Å². The largest absolute Gasteiger partial charge is 0.383 e. The molecule has 1 fully saturated rings. The molecule has 0 bridgehead atoms. The van der Waals surface area contributed by atoms with Gasteiger partial charge in [-0.1, -0.05) is 0 Å². The lowest BCUT2D eigenvalue weighted by molar-refractivity contribution is 0.0530. The van der Waals surface area contributed by atoms with Gasteiger partial charge in [-0.25, -0.2) is 4.98 Å². The molecule has 1 aliphatic carbocycles. The van der Waals surface area contributed by atoms with Crippen molar-refractivity contribution in [1.82, 2.24) is 10.3 Å². The summed E-state index contributed by atoms with van der Waals surface area (Å²) in [6.07, 6.45) is 4.43. The zero-order chi connectivity index (χ0) is 12.4. The van der Waals surface area contributed by atoms with Crippen molar-refractivity contribution in [3.05, 3.63) is 23.4 Å². The first kappa shape index (κ1) is 12.3. The summed E-state index contributed by atoms with van der Waals surface area (Å²) in [6.45, 7) is 2.07. The standard InChI is InChI=1S/C13H21N3O/c1-8-6-7-16-13(14)10(8)11(15-2)12(17-3)9-4-5-9/h6-7,9,11-12,15H,4-5H2,1-3H3,(H2,14,16). The van der Waals surface area contributed by atoms with Gasteiger partial charge in [0, 0.05) is 18.9 Å². The Morgan fingerprint density at radius 2 is 2.24 bits per heavy atom. The van der Waals surface area contributed by atoms with Crippen LogP contribution in [0.25, 0.3) is 0 Å². The fourth-order valence-corrected chi connectivity index (χ4v) is 2.49. The van der Waals surface area contributed by atoms with E-state index in [0.717, 1.165) is 5.56 Å². The molecule has 1 aromatic rings. The Kier molecular flexibility index (Phi) is 3.64. The quantitative estimate of drug-likeness (QED) is 0.815. The third kappa shape index (κ3) is 2.42. The van der Waals surface area contributed by atoms with Gasteiger partial charge < -0.3 is 15.8 Å². The predicted molar refractivity (Wildman–Crippen MR) is 68.7 cm³/mol. The zero-order valence-corrected chi connectivity index (χ0v) is 10.7. The van der Waals surface area contributed by atoms with Gasteiger partial charge in [0.05, 0.1) is 12.1 Å². The molecular weight excluding hydrogens is 214 g/mol. The number of likely N-dealkylation sites (N-methyl/N-ethyl adjacent to an activating group) is 1. The second-order valence-electron chi connectivity index (χ2n) is 4.73. The minimum Gasteiger partial charge on any atom is -0.383 e. The molecule has 0 spiro atoms. The maximum Gasteiger partial charge on any atom is 0.128 e. The Bertz CT molecular complexity index is 370. The van der Waals surface area contributed by atoms with E-state index in [4.69, 9.17) is 10.5 Å². The molecule has 1 saturated carbocycles. The Morgan fingerprint density at radius 1 is 1.53 bits per heavy atom. The fraction of sp³-hybridized carbons (Fsp3) is 0.615. The van der Waals surface area contributed by atoms with Gasteiger partial charge in [-0.3, -0.25) is 0 Å². The summed E-state index contributed by atoms with van der Waals surface area (Å²) in [5.41, 5.74) is 8.25. The van der Waals surface area contributed by atoms with Crippen LogP contribution >= 0.6 is 0 Å². The Balaban J connectivity index is 2.33. The molecule has 2 rings (SSSR count). The van der Waals surface area contributed by atoms with E-state index in [9.17, 15) is 0 Å². The number of pyridine rings is 1. The molecule has 1 heterocycles. The Morgan fingerprint density at radius 3 is 2.71 bits per heavy atom. The highest BCUT2D eigenvalue weighted by molar-refractivity contribution is 5.46. The van der Waals surface area contributed by atoms with Crippen LogP contribution in [0.1, 0.15) is 30.0 Å². The number of hydrogen-bond donors (Lipinski definition) is 2. The average Bonchev–Trinajstić information content (AvgIpc) is 3.11. The molecule has 2 unspecified atom stereocenters. The SMILES string of the molecule is CNC(c1c(C)ccnc1N)C(OC)C1CC1. The number of nitrogens with zero attached hydrogens (tertiary/aromatic N) is 1. The summed E-state index contributed by atoms with van der Waals surface area (Å²) in [7, 11) is 3.72. The lowest BCUT2D eigenvalue weighted by Gasteiger charge is -2.28. The lowest BCUT2D eigenvalue weighted by Crippen LogP contribution is -2.34. The van der Waals surface area contributed by atoms with Crippen LogP contribution in [0, 0.1) is 12.8 Å². The number of methoxy groups -OCH3 is 1. The number of hydrogen-bond acceptors (Lipinski definition) is 4. The van der Waals surface area contributed by atoms with Crippen molar-refractivity contribution in [2.45, 2.75) is 31.9 Å². The first-order chi connectivity index (χ1) is 8.19. The zero-order valence-electron chi connectivity index (χ0n) is 10.7. The van der Waals surface area contributed by atoms with Crippen molar-refractivity contribution >= 4 is 5.82 Å². The minimum atomic E-state index is 0.126. The van der Waals surface area contributed by atoms with Crippen molar-refractivity contribution in [2.24, 2.45) is 5.92 Å². The predicted octanol–water partition coefficient (Wildman–Crippen LogP) is 1.66. The van der Waals surface area contributed by atoms with E-state index in [0.29, 0.717) is 11.7 Å². The Hall–Kier alpha value is -1.13. The summed E-state index contributed by atoms with van der Waals surface area (Å²) in [5, 5.41) is 3.33. The highest BCUT2D eigenvalue weighted by Crippen LogP contribution is 2.41. The topological polar surface area (TPSA) is 60.2 Å². The lowest BCUT2D eigenvalue weighted by atomic mass is 9.95. The van der Waals surface area contributed by atoms with Gasteiger partial charge in [-0.15, -0.1) is 0 Å². The minimum absolute atomic E-state index is 0.126. The summed E-state index contributed by atoms with van der Waals surface area (Å²) in [6, 6.07) is 2.12. The van der Waals surface area contributed by atoms with Crippen LogP contribution in [-0.2, 0) is 4.74 Å². The Labute approximate surface area is 103 Å². The van der Waals surface area contributed by atoms with Crippen LogP contribution in [0.3, 0.4) is 0 Å². The molecule has 94 valence electrons. The van der Waals surface area contributed by atoms with Gasteiger partial charge in [0.2, 0.25) is 0 Å². The molecular formula is C13H21N3O. The monoisotopic (exact) mass is 235 g/mol. The summed E-state index contributed by atoms with van der Waals surface area (Å²) in [5.74, 6) is 1.25. The normalized spacial score (nSPS) is 19.0. The number of aromatic nitrogens is 1. The van der Waals surface area contributed by atoms with Crippen LogP contribution in [0.5, 0.6) is 0 Å². The van der Waals surface area contributed by atoms with Gasteiger partial charge in [0.1, 0.15) is 5.82 Å². The highest BCUT2D eigenvalue weighted by Gasteiger charge is 2.38. The van der Waals surface area contributed by atoms with Gasteiger partial charge >= 0.3 is 0 Å². The van der Waals surface area contributed by atoms with Crippen LogP contribution in [0.4, 0.5) is 5.82 Å². The van der Waals surface area contributed by atoms with E-state index < -0.39 is 0 Å². The fourth-order valence-electron chi connectivity index (χ4n) is 2.49. The summed E-state index contributed by atoms with van der Waals surface area (Å²) < 4.78 is 5.65. The van der Waals surface area contributed by atoms with E-state index in [1.807, 2.05) is 13.1 Å². The van der Waals surface area contributed by atoms with Gasteiger partial charge in [-0.2, -0.15) is 0 Å². The van der Waals surface area contributed by atoms with E-state index in [1.165, 1.54) is 18.4 Å². The number of rotatable bonds is 5. The maximum atomic E-state index is 6.00.